The van der Waals surface area contributed by atoms with Gasteiger partial charge >= 0.3 is 0 Å². The number of aromatic nitrogens is 12. The van der Waals surface area contributed by atoms with Gasteiger partial charge in [-0.1, -0.05) is 218 Å². The van der Waals surface area contributed by atoms with Gasteiger partial charge in [0.2, 0.25) is 23.8 Å². The van der Waals surface area contributed by atoms with Crippen LogP contribution >= 0.6 is 0 Å². The van der Waals surface area contributed by atoms with Crippen LogP contribution in [0.4, 0.5) is 0 Å². The number of nitrogens with zero attached hydrogens (tertiary/aromatic N) is 12. The van der Waals surface area contributed by atoms with Crippen LogP contribution in [0.5, 0.6) is 0 Å². The molecule has 16 heteroatoms. The Morgan fingerprint density at radius 2 is 0.558 bits per heavy atom. The van der Waals surface area contributed by atoms with Crippen LogP contribution in [0.25, 0.3) is 242 Å². The summed E-state index contributed by atoms with van der Waals surface area (Å²) >= 11 is 0. The molecule has 0 aliphatic carbocycles. The molecule has 0 saturated heterocycles. The fourth-order valence-electron chi connectivity index (χ4n) is 18.7. The molecule has 28 aromatic rings. The summed E-state index contributed by atoms with van der Waals surface area (Å²) in [6, 6.07) is 109. The molecule has 0 N–H and O–H groups in total. The van der Waals surface area contributed by atoms with Crippen molar-refractivity contribution in [1.82, 2.24) is 58.1 Å². The minimum absolute atomic E-state index is 0.640. The molecule has 560 valence electrons. The number of hydrogen-bond donors (Lipinski definition) is 0. The molecule has 0 unspecified atom stereocenters. The third-order valence-electron chi connectivity index (χ3n) is 23.6. The van der Waals surface area contributed by atoms with E-state index in [0.29, 0.717) is 23.8 Å². The van der Waals surface area contributed by atoms with Crippen LogP contribution in [0.3, 0.4) is 0 Å². The average Bonchev–Trinajstić information content (AvgIpc) is 1.54. The Kier molecular flexibility index (Phi) is 14.7. The van der Waals surface area contributed by atoms with Crippen molar-refractivity contribution >= 4 is 218 Å². The fourth-order valence-corrected chi connectivity index (χ4v) is 18.7. The molecule has 16 aromatic carbocycles. The second kappa shape index (κ2) is 26.4. The van der Waals surface area contributed by atoms with Crippen molar-refractivity contribution < 1.29 is 17.7 Å². The number of benzene rings is 16. The van der Waals surface area contributed by atoms with Gasteiger partial charge < -0.3 is 17.7 Å². The molecular formula is C104H60N12O4. The molecule has 120 heavy (non-hydrogen) atoms. The zero-order valence-electron chi connectivity index (χ0n) is 63.6. The molecule has 0 atom stereocenters. The Labute approximate surface area is 678 Å². The second-order valence-electron chi connectivity index (χ2n) is 30.0. The third-order valence-corrected chi connectivity index (χ3v) is 23.6. The van der Waals surface area contributed by atoms with Gasteiger partial charge in [0.25, 0.3) is 0 Å². The topological polar surface area (TPSA) is 175 Å². The maximum Gasteiger partial charge on any atom is 0.234 e. The third kappa shape index (κ3) is 9.99. The number of rotatable bonds is 4. The molecule has 0 radical (unpaired) electrons. The highest BCUT2D eigenvalue weighted by atomic mass is 16.3. The van der Waals surface area contributed by atoms with Crippen molar-refractivity contribution in [2.45, 2.75) is 0 Å². The maximum atomic E-state index is 6.49. The van der Waals surface area contributed by atoms with E-state index in [0.717, 1.165) is 159 Å². The van der Waals surface area contributed by atoms with Crippen molar-refractivity contribution in [3.05, 3.63) is 365 Å². The van der Waals surface area contributed by atoms with Crippen LogP contribution < -0.4 is 0 Å². The summed E-state index contributed by atoms with van der Waals surface area (Å²) in [7, 11) is 0. The molecule has 12 aromatic heterocycles. The Morgan fingerprint density at radius 3 is 1.16 bits per heavy atom. The first-order valence-electron chi connectivity index (χ1n) is 39.7. The lowest BCUT2D eigenvalue weighted by Gasteiger charge is -2.08. The largest absolute Gasteiger partial charge is 0.456 e. The molecule has 0 aliphatic rings. The van der Waals surface area contributed by atoms with Crippen molar-refractivity contribution in [3.8, 4) is 23.8 Å². The number of furan rings is 4. The highest BCUT2D eigenvalue weighted by Crippen LogP contribution is 2.49. The number of para-hydroxylation sites is 6. The summed E-state index contributed by atoms with van der Waals surface area (Å²) in [5, 5.41) is 27.7. The van der Waals surface area contributed by atoms with Gasteiger partial charge in [0.1, 0.15) is 44.5 Å². The first-order valence-corrected chi connectivity index (χ1v) is 39.7. The van der Waals surface area contributed by atoms with Gasteiger partial charge in [0, 0.05) is 136 Å². The quantitative estimate of drug-likeness (QED) is 0.163. The van der Waals surface area contributed by atoms with Crippen LogP contribution in [-0.4, -0.2) is 58.1 Å². The molecule has 12 heterocycles. The molecule has 0 bridgehead atoms. The highest BCUT2D eigenvalue weighted by Gasteiger charge is 2.28. The highest BCUT2D eigenvalue weighted by molar-refractivity contribution is 6.37. The standard InChI is InChI=1S/4C26H15N3O/c1-2-9-17-16(8-1)22-19-11-4-6-13-21(19)30-25(22)23-18-10-3-5-12-20(18)29(24(17)23)26-27-14-7-15-28-26;1-2-9-17-16(8-1)22-18-10-3-5-12-20(18)29(26-27-14-7-15-28-26)24(22)25-23(17)19-11-4-6-13-21(19)30-25;1-2-7-17-16(6-1)10-13-21-23(17)20-12-11-19-18-8-3-4-9-22(18)30-25(19)24(20)29(21)26-27-14-5-15-28-26;1-2-7-17-13-22-19(12-16(17)6-1)20-15-25-21(18-8-3-4-9-24(18)30-25)14-23(20)29(22)26-27-10-5-11-28-26/h4*1-15H. The van der Waals surface area contributed by atoms with Gasteiger partial charge in [-0.3, -0.25) is 18.3 Å². The molecule has 0 saturated carbocycles. The van der Waals surface area contributed by atoms with E-state index < -0.39 is 0 Å². The Balaban J connectivity index is 0.0000000886. The first kappa shape index (κ1) is 66.7. The van der Waals surface area contributed by atoms with Gasteiger partial charge in [-0.15, -0.1) is 0 Å². The molecule has 0 fully saturated rings. The van der Waals surface area contributed by atoms with E-state index in [4.69, 9.17) is 17.7 Å². The van der Waals surface area contributed by atoms with Gasteiger partial charge in [-0.2, -0.15) is 0 Å². The summed E-state index contributed by atoms with van der Waals surface area (Å²) < 4.78 is 34.1. The summed E-state index contributed by atoms with van der Waals surface area (Å²) in [5.74, 6) is 2.60. The molecule has 0 spiro atoms. The maximum absolute atomic E-state index is 6.49. The van der Waals surface area contributed by atoms with Gasteiger partial charge in [-0.05, 0) is 135 Å². The average molecular weight is 1540 g/mol. The van der Waals surface area contributed by atoms with E-state index in [1.165, 1.54) is 59.2 Å². The molecular weight excluding hydrogens is 1480 g/mol. The zero-order chi connectivity index (χ0) is 78.6. The smallest absolute Gasteiger partial charge is 0.234 e. The second-order valence-corrected chi connectivity index (χ2v) is 30.0. The van der Waals surface area contributed by atoms with E-state index in [-0.39, 0.29) is 0 Å². The van der Waals surface area contributed by atoms with Crippen LogP contribution in [0.1, 0.15) is 0 Å². The van der Waals surface area contributed by atoms with Crippen molar-refractivity contribution in [1.29, 1.82) is 0 Å². The van der Waals surface area contributed by atoms with Crippen LogP contribution in [0.2, 0.25) is 0 Å². The SMILES string of the molecule is c1cnc(-n2c3cc4ccccc4cc3c3cc4oc5ccccc5c4cc32)nc1.c1cnc(-n2c3ccc4ccccc4c3c3ccc4c5ccccc5oc4c32)nc1.c1cnc(-n2c3ccccc3c3c4ccccc4c4c5ccccc5oc4c32)nc1.c1cnc(-n2c3ccccc3c3c4oc5ccccc5c4c4ccccc4c32)nc1. The van der Waals surface area contributed by atoms with Gasteiger partial charge in [0.05, 0.1) is 38.5 Å². The summed E-state index contributed by atoms with van der Waals surface area (Å²) in [6.07, 6.45) is 14.2. The summed E-state index contributed by atoms with van der Waals surface area (Å²) in [6.45, 7) is 0. The Morgan fingerprint density at radius 1 is 0.167 bits per heavy atom. The van der Waals surface area contributed by atoms with Crippen molar-refractivity contribution in [2.75, 3.05) is 0 Å². The van der Waals surface area contributed by atoms with Crippen molar-refractivity contribution in [3.63, 3.8) is 0 Å². The van der Waals surface area contributed by atoms with Crippen LogP contribution in [0, 0.1) is 0 Å². The molecule has 16 nitrogen and oxygen atoms in total. The minimum Gasteiger partial charge on any atom is -0.456 e. The number of fused-ring (bicyclic) bond motifs is 36. The van der Waals surface area contributed by atoms with E-state index in [1.807, 2.05) is 84.9 Å². The van der Waals surface area contributed by atoms with E-state index >= 15 is 0 Å². The Bertz CT molecular complexity index is 9030. The summed E-state index contributed by atoms with van der Waals surface area (Å²) in [4.78, 5) is 36.6. The lowest BCUT2D eigenvalue weighted by Crippen LogP contribution is -2.00. The van der Waals surface area contributed by atoms with E-state index in [1.54, 1.807) is 49.6 Å². The van der Waals surface area contributed by atoms with Gasteiger partial charge in [-0.25, -0.2) is 39.9 Å². The normalized spacial score (nSPS) is 12.0. The van der Waals surface area contributed by atoms with Crippen molar-refractivity contribution in [2.24, 2.45) is 0 Å². The predicted molar refractivity (Wildman–Crippen MR) is 485 cm³/mol. The lowest BCUT2D eigenvalue weighted by atomic mass is 9.99. The van der Waals surface area contributed by atoms with Crippen LogP contribution in [0.15, 0.2) is 383 Å². The Hall–Kier alpha value is -16.7. The minimum atomic E-state index is 0.640. The monoisotopic (exact) mass is 1540 g/mol. The number of hydrogen-bond acceptors (Lipinski definition) is 12. The summed E-state index contributed by atoms with van der Waals surface area (Å²) in [5.41, 5.74) is 15.6. The predicted octanol–water partition coefficient (Wildman–Crippen LogP) is 26.5. The van der Waals surface area contributed by atoms with E-state index in [2.05, 4.69) is 289 Å². The first-order chi connectivity index (χ1) is 59.6. The molecule has 0 aliphatic heterocycles. The molecule has 28 rings (SSSR count). The van der Waals surface area contributed by atoms with Crippen LogP contribution in [-0.2, 0) is 0 Å². The molecule has 0 amide bonds. The van der Waals surface area contributed by atoms with E-state index in [9.17, 15) is 0 Å². The van der Waals surface area contributed by atoms with Gasteiger partial charge in [0.15, 0.2) is 11.2 Å². The zero-order valence-corrected chi connectivity index (χ0v) is 63.6. The fraction of sp³-hybridized carbons (Fsp3) is 0. The lowest BCUT2D eigenvalue weighted by molar-refractivity contribution is 0.669.